The Morgan fingerprint density at radius 3 is 2.67 bits per heavy atom. The first-order valence-electron chi connectivity index (χ1n) is 5.96. The summed E-state index contributed by atoms with van der Waals surface area (Å²) in [6.07, 6.45) is 1.53. The highest BCUT2D eigenvalue weighted by Gasteiger charge is 2.18. The van der Waals surface area contributed by atoms with Gasteiger partial charge >= 0.3 is 0 Å². The van der Waals surface area contributed by atoms with Crippen LogP contribution in [0.5, 0.6) is 23.0 Å². The minimum absolute atomic E-state index is 0.0161. The third kappa shape index (κ3) is 1.78. The van der Waals surface area contributed by atoms with Crippen LogP contribution in [0.15, 0.2) is 30.3 Å². The summed E-state index contributed by atoms with van der Waals surface area (Å²) in [6.45, 7) is 2.01. The first-order chi connectivity index (χ1) is 8.63. The summed E-state index contributed by atoms with van der Waals surface area (Å²) in [5.74, 6) is 1.45. The Kier molecular flexibility index (Phi) is 2.40. The average molecular weight is 242 g/mol. The third-order valence-corrected chi connectivity index (χ3v) is 3.26. The monoisotopic (exact) mass is 242 g/mol. The number of hydrogen-bond donors (Lipinski definition) is 2. The highest BCUT2D eigenvalue weighted by atomic mass is 16.5. The molecule has 2 aromatic carbocycles. The molecule has 3 heteroatoms. The van der Waals surface area contributed by atoms with Gasteiger partial charge in [0.25, 0.3) is 0 Å². The van der Waals surface area contributed by atoms with E-state index in [0.717, 1.165) is 28.9 Å². The highest BCUT2D eigenvalue weighted by molar-refractivity contribution is 5.54. The molecule has 1 aliphatic heterocycles. The Morgan fingerprint density at radius 1 is 1.00 bits per heavy atom. The molecule has 0 fully saturated rings. The van der Waals surface area contributed by atoms with Crippen molar-refractivity contribution in [1.29, 1.82) is 0 Å². The maximum Gasteiger partial charge on any atom is 0.138 e. The van der Waals surface area contributed by atoms with Gasteiger partial charge in [-0.15, -0.1) is 0 Å². The number of rotatable bonds is 0. The van der Waals surface area contributed by atoms with E-state index in [1.54, 1.807) is 6.07 Å². The molecule has 2 N–H and O–H groups in total. The molecular formula is C15H14O3. The van der Waals surface area contributed by atoms with E-state index in [-0.39, 0.29) is 11.5 Å². The smallest absolute Gasteiger partial charge is 0.138 e. The number of ether oxygens (including phenoxy) is 1. The number of phenols is 2. The summed E-state index contributed by atoms with van der Waals surface area (Å²) in [6, 6.07) is 8.98. The number of phenolic OH excluding ortho intramolecular Hbond substituents is 2. The molecule has 92 valence electrons. The lowest BCUT2D eigenvalue weighted by atomic mass is 10.0. The first-order valence-corrected chi connectivity index (χ1v) is 5.96. The molecule has 0 saturated carbocycles. The fourth-order valence-electron chi connectivity index (χ4n) is 2.30. The van der Waals surface area contributed by atoms with Crippen LogP contribution in [0.1, 0.15) is 16.7 Å². The second-order valence-electron chi connectivity index (χ2n) is 4.65. The lowest BCUT2D eigenvalue weighted by Gasteiger charge is -2.10. The zero-order chi connectivity index (χ0) is 12.7. The van der Waals surface area contributed by atoms with Crippen molar-refractivity contribution in [1.82, 2.24) is 0 Å². The summed E-state index contributed by atoms with van der Waals surface area (Å²) >= 11 is 0. The van der Waals surface area contributed by atoms with Gasteiger partial charge in [0.15, 0.2) is 0 Å². The predicted octanol–water partition coefficient (Wildman–Crippen LogP) is 3.30. The maximum atomic E-state index is 9.86. The van der Waals surface area contributed by atoms with E-state index in [4.69, 9.17) is 4.74 Å². The molecule has 0 aliphatic carbocycles. The summed E-state index contributed by atoms with van der Waals surface area (Å²) in [4.78, 5) is 0. The minimum atomic E-state index is 0.0161. The van der Waals surface area contributed by atoms with Crippen LogP contribution in [0.4, 0.5) is 0 Å². The van der Waals surface area contributed by atoms with E-state index in [2.05, 4.69) is 6.07 Å². The maximum absolute atomic E-state index is 9.86. The summed E-state index contributed by atoms with van der Waals surface area (Å²) in [5, 5.41) is 19.4. The molecule has 0 spiro atoms. The minimum Gasteiger partial charge on any atom is -0.508 e. The van der Waals surface area contributed by atoms with Crippen molar-refractivity contribution < 1.29 is 14.9 Å². The van der Waals surface area contributed by atoms with Gasteiger partial charge in [0, 0.05) is 17.7 Å². The van der Waals surface area contributed by atoms with Gasteiger partial charge in [-0.25, -0.2) is 0 Å². The van der Waals surface area contributed by atoms with E-state index in [1.165, 1.54) is 6.07 Å². The Labute approximate surface area is 105 Å². The number of aryl methyl sites for hydroxylation is 2. The second-order valence-corrected chi connectivity index (χ2v) is 4.65. The zero-order valence-electron chi connectivity index (χ0n) is 10.1. The predicted molar refractivity (Wildman–Crippen MR) is 68.4 cm³/mol. The Hall–Kier alpha value is -2.16. The fourth-order valence-corrected chi connectivity index (χ4v) is 2.30. The third-order valence-electron chi connectivity index (χ3n) is 3.26. The molecule has 0 radical (unpaired) electrons. The van der Waals surface area contributed by atoms with Gasteiger partial charge in [0.05, 0.1) is 0 Å². The lowest BCUT2D eigenvalue weighted by molar-refractivity contribution is 0.427. The van der Waals surface area contributed by atoms with Crippen LogP contribution in [-0.2, 0) is 12.8 Å². The van der Waals surface area contributed by atoms with Crippen LogP contribution in [-0.4, -0.2) is 10.2 Å². The molecule has 0 aromatic heterocycles. The Balaban J connectivity index is 2.13. The number of aromatic hydroxyl groups is 2. The van der Waals surface area contributed by atoms with Crippen LogP contribution in [0, 0.1) is 6.92 Å². The van der Waals surface area contributed by atoms with Gasteiger partial charge in [-0.1, -0.05) is 12.1 Å². The van der Waals surface area contributed by atoms with Crippen molar-refractivity contribution in [3.8, 4) is 23.0 Å². The van der Waals surface area contributed by atoms with Crippen LogP contribution in [0.3, 0.4) is 0 Å². The lowest BCUT2D eigenvalue weighted by Crippen LogP contribution is -1.89. The van der Waals surface area contributed by atoms with Crippen LogP contribution in [0.25, 0.3) is 0 Å². The second kappa shape index (κ2) is 3.95. The molecule has 0 saturated heterocycles. The highest BCUT2D eigenvalue weighted by Crippen LogP contribution is 2.40. The zero-order valence-corrected chi connectivity index (χ0v) is 10.1. The van der Waals surface area contributed by atoms with Crippen molar-refractivity contribution in [2.45, 2.75) is 19.8 Å². The molecule has 0 atom stereocenters. The summed E-state index contributed by atoms with van der Waals surface area (Å²) in [7, 11) is 0. The van der Waals surface area contributed by atoms with E-state index in [0.29, 0.717) is 12.2 Å². The quantitative estimate of drug-likeness (QED) is 0.745. The van der Waals surface area contributed by atoms with E-state index in [1.807, 2.05) is 19.1 Å². The van der Waals surface area contributed by atoms with Gasteiger partial charge < -0.3 is 14.9 Å². The summed E-state index contributed by atoms with van der Waals surface area (Å²) in [5.41, 5.74) is 3.00. The van der Waals surface area contributed by atoms with Crippen LogP contribution in [0.2, 0.25) is 0 Å². The standard InChI is InChI=1S/C15H14O3/c1-9-2-3-10-4-5-12-13(17)7-11(16)8-15(12)18-14(10)6-9/h2-3,6-8,16-17H,4-5H2,1H3. The number of hydrogen-bond acceptors (Lipinski definition) is 3. The molecular weight excluding hydrogens is 228 g/mol. The van der Waals surface area contributed by atoms with Crippen molar-refractivity contribution in [3.05, 3.63) is 47.0 Å². The van der Waals surface area contributed by atoms with Crippen molar-refractivity contribution in [3.63, 3.8) is 0 Å². The Bertz CT molecular complexity index is 617. The molecule has 1 heterocycles. The van der Waals surface area contributed by atoms with Crippen LogP contribution < -0.4 is 4.74 Å². The molecule has 0 bridgehead atoms. The van der Waals surface area contributed by atoms with Crippen LogP contribution >= 0.6 is 0 Å². The SMILES string of the molecule is Cc1ccc2c(c1)Oc1cc(O)cc(O)c1CC2. The number of benzene rings is 2. The van der Waals surface area contributed by atoms with Gasteiger partial charge in [0.1, 0.15) is 23.0 Å². The average Bonchev–Trinajstić information content (AvgIpc) is 2.47. The molecule has 18 heavy (non-hydrogen) atoms. The van der Waals surface area contributed by atoms with E-state index < -0.39 is 0 Å². The van der Waals surface area contributed by atoms with Crippen molar-refractivity contribution >= 4 is 0 Å². The largest absolute Gasteiger partial charge is 0.508 e. The van der Waals surface area contributed by atoms with Gasteiger partial charge in [0.2, 0.25) is 0 Å². The normalized spacial score (nSPS) is 13.2. The molecule has 3 rings (SSSR count). The topological polar surface area (TPSA) is 49.7 Å². The molecule has 1 aliphatic rings. The fraction of sp³-hybridized carbons (Fsp3) is 0.200. The van der Waals surface area contributed by atoms with Gasteiger partial charge in [-0.05, 0) is 37.0 Å². The molecule has 0 unspecified atom stereocenters. The molecule has 2 aromatic rings. The van der Waals surface area contributed by atoms with E-state index >= 15 is 0 Å². The van der Waals surface area contributed by atoms with Gasteiger partial charge in [-0.2, -0.15) is 0 Å². The van der Waals surface area contributed by atoms with Gasteiger partial charge in [-0.3, -0.25) is 0 Å². The van der Waals surface area contributed by atoms with Crippen molar-refractivity contribution in [2.75, 3.05) is 0 Å². The Morgan fingerprint density at radius 2 is 1.83 bits per heavy atom. The molecule has 3 nitrogen and oxygen atoms in total. The summed E-state index contributed by atoms with van der Waals surface area (Å²) < 4.78 is 5.82. The number of fused-ring (bicyclic) bond motifs is 2. The van der Waals surface area contributed by atoms with E-state index in [9.17, 15) is 10.2 Å². The first kappa shape index (κ1) is 11.0. The molecule has 0 amide bonds. The van der Waals surface area contributed by atoms with Crippen molar-refractivity contribution in [2.24, 2.45) is 0 Å².